The van der Waals surface area contributed by atoms with Gasteiger partial charge >= 0.3 is 5.97 Å². The molecule has 1 saturated heterocycles. The Labute approximate surface area is 240 Å². The van der Waals surface area contributed by atoms with Gasteiger partial charge in [0.25, 0.3) is 0 Å². The first-order chi connectivity index (χ1) is 19.7. The fraction of sp³-hybridized carbons (Fsp3) is 0.500. The van der Waals surface area contributed by atoms with Gasteiger partial charge in [-0.3, -0.25) is 14.4 Å². The van der Waals surface area contributed by atoms with E-state index in [1.54, 1.807) is 24.5 Å². The molecular formula is C28H38N6O6S. The van der Waals surface area contributed by atoms with E-state index >= 15 is 0 Å². The van der Waals surface area contributed by atoms with E-state index in [4.69, 9.17) is 5.84 Å². The van der Waals surface area contributed by atoms with Gasteiger partial charge in [0.1, 0.15) is 18.9 Å². The number of rotatable bonds is 12. The van der Waals surface area contributed by atoms with Crippen LogP contribution >= 0.6 is 0 Å². The summed E-state index contributed by atoms with van der Waals surface area (Å²) in [6.07, 6.45) is 5.83. The fourth-order valence-corrected chi connectivity index (χ4v) is 6.92. The number of nitrogens with two attached hydrogens (primary N) is 1. The number of carboxylic acids is 1. The zero-order valence-electron chi connectivity index (χ0n) is 22.9. The van der Waals surface area contributed by atoms with Gasteiger partial charge in [0.05, 0.1) is 11.3 Å². The standard InChI is InChI=1S/C28H38N6O6S/c29-31-19-33-13-5-6-20(17-33)16-30-26(35)15-25(28(38)34(18-27(36)37)23-9-3-4-10-23)32-41(39,40)24-12-11-21-7-1-2-8-22(21)14-24/h1-2,7-8,11-12,14,19-20,23,25,32H,3-6,9-10,13,15-18,29H2,(H,30,35)(H,36,37)/t20-,25-/m0/s1. The van der Waals surface area contributed by atoms with Gasteiger partial charge in [-0.15, -0.1) is 0 Å². The Kier molecular flexibility index (Phi) is 10.2. The van der Waals surface area contributed by atoms with Crippen LogP contribution in [0.15, 0.2) is 52.5 Å². The first kappa shape index (κ1) is 30.3. The van der Waals surface area contributed by atoms with E-state index in [0.29, 0.717) is 31.3 Å². The molecule has 2 fully saturated rings. The fourth-order valence-electron chi connectivity index (χ4n) is 5.70. The lowest BCUT2D eigenvalue weighted by Gasteiger charge is -2.32. The van der Waals surface area contributed by atoms with Crippen LogP contribution in [0.1, 0.15) is 44.9 Å². The van der Waals surface area contributed by atoms with Gasteiger partial charge in [0.15, 0.2) is 0 Å². The van der Waals surface area contributed by atoms with Gasteiger partial charge in [0.2, 0.25) is 21.8 Å². The van der Waals surface area contributed by atoms with E-state index in [-0.39, 0.29) is 16.9 Å². The lowest BCUT2D eigenvalue weighted by molar-refractivity contribution is -0.147. The Balaban J connectivity index is 1.53. The molecule has 0 bridgehead atoms. The molecule has 0 spiro atoms. The van der Waals surface area contributed by atoms with Crippen LogP contribution in [0.25, 0.3) is 10.8 Å². The van der Waals surface area contributed by atoms with Crippen LogP contribution in [-0.4, -0.2) is 85.7 Å². The molecule has 0 aromatic heterocycles. The molecule has 41 heavy (non-hydrogen) atoms. The van der Waals surface area contributed by atoms with E-state index in [0.717, 1.165) is 37.6 Å². The molecule has 0 radical (unpaired) electrons. The Morgan fingerprint density at radius 2 is 1.83 bits per heavy atom. The Morgan fingerprint density at radius 3 is 2.54 bits per heavy atom. The number of fused-ring (bicyclic) bond motifs is 1. The predicted molar refractivity (Wildman–Crippen MR) is 154 cm³/mol. The lowest BCUT2D eigenvalue weighted by Crippen LogP contribution is -2.54. The summed E-state index contributed by atoms with van der Waals surface area (Å²) in [4.78, 5) is 41.6. The molecule has 1 heterocycles. The number of carbonyl (C=O) groups is 3. The number of nitrogens with zero attached hydrogens (tertiary/aromatic N) is 3. The molecule has 5 N–H and O–H groups in total. The van der Waals surface area contributed by atoms with Gasteiger partial charge < -0.3 is 26.1 Å². The third-order valence-corrected chi connectivity index (χ3v) is 9.21. The second kappa shape index (κ2) is 13.8. The van der Waals surface area contributed by atoms with Crippen LogP contribution < -0.4 is 15.9 Å². The highest BCUT2D eigenvalue weighted by atomic mass is 32.2. The summed E-state index contributed by atoms with van der Waals surface area (Å²) in [6, 6.07) is 10.1. The molecule has 0 unspecified atom stereocenters. The summed E-state index contributed by atoms with van der Waals surface area (Å²) < 4.78 is 29.4. The van der Waals surface area contributed by atoms with Crippen LogP contribution in [0, 0.1) is 5.92 Å². The quantitative estimate of drug-likeness (QED) is 0.125. The molecule has 2 atom stereocenters. The average Bonchev–Trinajstić information content (AvgIpc) is 3.49. The number of likely N-dealkylation sites (tertiary alicyclic amines) is 1. The zero-order valence-corrected chi connectivity index (χ0v) is 23.8. The van der Waals surface area contributed by atoms with Crippen molar-refractivity contribution in [3.63, 3.8) is 0 Å². The number of carboxylic acid groups (broad SMARTS) is 1. The van der Waals surface area contributed by atoms with Crippen molar-refractivity contribution in [3.05, 3.63) is 42.5 Å². The number of amides is 2. The molecule has 2 aromatic rings. The SMILES string of the molecule is NN=CN1CCC[C@@H](CNC(=O)C[C@H](NS(=O)(=O)c2ccc3ccccc3c2)C(=O)N(CC(=O)O)C2CCCC2)C1. The van der Waals surface area contributed by atoms with Gasteiger partial charge in [-0.2, -0.15) is 9.82 Å². The monoisotopic (exact) mass is 586 g/mol. The first-order valence-electron chi connectivity index (χ1n) is 13.9. The number of hydrogen-bond donors (Lipinski definition) is 4. The van der Waals surface area contributed by atoms with Crippen LogP contribution in [0.4, 0.5) is 0 Å². The molecule has 222 valence electrons. The maximum atomic E-state index is 13.8. The minimum atomic E-state index is -4.23. The van der Waals surface area contributed by atoms with Crippen LogP contribution in [0.3, 0.4) is 0 Å². The van der Waals surface area contributed by atoms with Crippen molar-refractivity contribution in [1.29, 1.82) is 0 Å². The third kappa shape index (κ3) is 8.17. The molecule has 1 aliphatic carbocycles. The average molecular weight is 587 g/mol. The van der Waals surface area contributed by atoms with E-state index in [1.807, 2.05) is 17.0 Å². The predicted octanol–water partition coefficient (Wildman–Crippen LogP) is 1.46. The molecule has 4 rings (SSSR count). The number of nitrogens with one attached hydrogen (secondary N) is 2. The first-order valence-corrected chi connectivity index (χ1v) is 15.4. The van der Waals surface area contributed by atoms with Crippen molar-refractivity contribution in [2.24, 2.45) is 16.9 Å². The second-order valence-electron chi connectivity index (χ2n) is 10.8. The Morgan fingerprint density at radius 1 is 1.10 bits per heavy atom. The van der Waals surface area contributed by atoms with E-state index in [9.17, 15) is 27.9 Å². The van der Waals surface area contributed by atoms with Crippen LogP contribution in [0.2, 0.25) is 0 Å². The Hall–Kier alpha value is -3.71. The summed E-state index contributed by atoms with van der Waals surface area (Å²) in [7, 11) is -4.23. The van der Waals surface area contributed by atoms with Crippen molar-refractivity contribution < 1.29 is 27.9 Å². The summed E-state index contributed by atoms with van der Waals surface area (Å²) in [5.41, 5.74) is 0. The molecule has 2 aliphatic rings. The number of sulfonamides is 1. The zero-order chi connectivity index (χ0) is 29.4. The smallest absolute Gasteiger partial charge is 0.323 e. The lowest BCUT2D eigenvalue weighted by atomic mass is 9.98. The van der Waals surface area contributed by atoms with E-state index in [2.05, 4.69) is 15.1 Å². The second-order valence-corrected chi connectivity index (χ2v) is 12.5. The minimum Gasteiger partial charge on any atom is -0.480 e. The maximum absolute atomic E-state index is 13.8. The molecule has 1 aliphatic heterocycles. The highest BCUT2D eigenvalue weighted by Gasteiger charge is 2.36. The molecule has 2 aromatic carbocycles. The number of hydrogen-bond acceptors (Lipinski definition) is 7. The number of piperidine rings is 1. The summed E-state index contributed by atoms with van der Waals surface area (Å²) >= 11 is 0. The van der Waals surface area contributed by atoms with Gasteiger partial charge in [-0.05, 0) is 54.5 Å². The highest BCUT2D eigenvalue weighted by molar-refractivity contribution is 7.89. The molecule has 2 amide bonds. The maximum Gasteiger partial charge on any atom is 0.323 e. The third-order valence-electron chi connectivity index (χ3n) is 7.74. The molecule has 1 saturated carbocycles. The largest absolute Gasteiger partial charge is 0.480 e. The highest BCUT2D eigenvalue weighted by Crippen LogP contribution is 2.25. The van der Waals surface area contributed by atoms with Crippen molar-refractivity contribution in [3.8, 4) is 0 Å². The number of aliphatic carboxylic acids is 1. The van der Waals surface area contributed by atoms with Crippen molar-refractivity contribution in [2.75, 3.05) is 26.2 Å². The minimum absolute atomic E-state index is 0.0519. The normalized spacial score (nSPS) is 18.9. The molecular weight excluding hydrogens is 548 g/mol. The van der Waals surface area contributed by atoms with Gasteiger partial charge in [-0.25, -0.2) is 8.42 Å². The summed E-state index contributed by atoms with van der Waals surface area (Å²) in [6.45, 7) is 1.25. The van der Waals surface area contributed by atoms with Crippen LogP contribution in [0.5, 0.6) is 0 Å². The van der Waals surface area contributed by atoms with Crippen molar-refractivity contribution >= 4 is 44.9 Å². The van der Waals surface area contributed by atoms with Crippen molar-refractivity contribution in [2.45, 2.75) is 61.9 Å². The van der Waals surface area contributed by atoms with E-state index < -0.39 is 46.8 Å². The summed E-state index contributed by atoms with van der Waals surface area (Å²) in [5, 5.41) is 17.5. The molecule has 13 heteroatoms. The number of hydrazone groups is 1. The summed E-state index contributed by atoms with van der Waals surface area (Å²) in [5.74, 6) is 2.97. The van der Waals surface area contributed by atoms with Gasteiger partial charge in [0, 0.05) is 25.7 Å². The van der Waals surface area contributed by atoms with Crippen LogP contribution in [-0.2, 0) is 24.4 Å². The number of benzene rings is 2. The van der Waals surface area contributed by atoms with Crippen molar-refractivity contribution in [1.82, 2.24) is 19.8 Å². The topological polar surface area (TPSA) is 174 Å². The molecule has 12 nitrogen and oxygen atoms in total. The van der Waals surface area contributed by atoms with Gasteiger partial charge in [-0.1, -0.05) is 43.2 Å². The van der Waals surface area contributed by atoms with E-state index in [1.165, 1.54) is 17.0 Å². The Bertz CT molecular complexity index is 1380. The number of carbonyl (C=O) groups excluding carboxylic acids is 2.